The summed E-state index contributed by atoms with van der Waals surface area (Å²) in [7, 11) is 1.68. The maximum Gasteiger partial charge on any atom is 0.193 e. The molecule has 0 aliphatic rings. The minimum atomic E-state index is 0.689. The van der Waals surface area contributed by atoms with Crippen LogP contribution in [-0.2, 0) is 6.54 Å². The number of aryl methyl sites for hydroxylation is 1. The number of fused-ring (bicyclic) bond motifs is 1. The summed E-state index contributed by atoms with van der Waals surface area (Å²) in [5, 5.41) is 5.41. The Morgan fingerprint density at radius 3 is 3.11 bits per heavy atom. The van der Waals surface area contributed by atoms with Gasteiger partial charge in [0.25, 0.3) is 0 Å². The number of benzene rings is 1. The van der Waals surface area contributed by atoms with E-state index < -0.39 is 0 Å². The van der Waals surface area contributed by atoms with Crippen molar-refractivity contribution in [1.29, 1.82) is 0 Å². The van der Waals surface area contributed by atoms with Gasteiger partial charge in [-0.05, 0) is 24.6 Å². The zero-order valence-corrected chi connectivity index (χ0v) is 11.7. The van der Waals surface area contributed by atoms with E-state index in [2.05, 4.69) is 23.3 Å². The molecule has 0 unspecified atom stereocenters. The third kappa shape index (κ3) is 2.42. The van der Waals surface area contributed by atoms with Crippen LogP contribution >= 0.6 is 11.3 Å². The summed E-state index contributed by atoms with van der Waals surface area (Å²) in [4.78, 5) is 5.57. The van der Waals surface area contributed by atoms with Crippen LogP contribution < -0.4 is 10.1 Å². The van der Waals surface area contributed by atoms with Gasteiger partial charge in [0.05, 0.1) is 25.0 Å². The minimum absolute atomic E-state index is 0.689. The molecule has 3 rings (SSSR count). The Morgan fingerprint density at radius 2 is 2.32 bits per heavy atom. The molecule has 0 aliphatic heterocycles. The fourth-order valence-electron chi connectivity index (χ4n) is 2.01. The van der Waals surface area contributed by atoms with Crippen LogP contribution in [0, 0.1) is 6.92 Å². The Bertz CT molecular complexity index is 673. The molecule has 2 heterocycles. The lowest BCUT2D eigenvalue weighted by atomic mass is 10.2. The maximum atomic E-state index is 5.35. The van der Waals surface area contributed by atoms with Crippen molar-refractivity contribution < 1.29 is 4.74 Å². The first kappa shape index (κ1) is 12.0. The normalized spacial score (nSPS) is 10.8. The highest BCUT2D eigenvalue weighted by atomic mass is 32.1. The molecule has 0 fully saturated rings. The predicted molar refractivity (Wildman–Crippen MR) is 78.1 cm³/mol. The van der Waals surface area contributed by atoms with Crippen molar-refractivity contribution in [3.05, 3.63) is 47.2 Å². The monoisotopic (exact) mass is 273 g/mol. The molecule has 0 amide bonds. The van der Waals surface area contributed by atoms with Crippen molar-refractivity contribution >= 4 is 22.0 Å². The van der Waals surface area contributed by atoms with E-state index in [1.807, 2.05) is 34.3 Å². The first-order valence-corrected chi connectivity index (χ1v) is 6.94. The number of rotatable bonds is 4. The molecule has 0 atom stereocenters. The number of nitrogens with zero attached hydrogens (tertiary/aromatic N) is 2. The van der Waals surface area contributed by atoms with Gasteiger partial charge in [-0.15, -0.1) is 11.3 Å². The Kier molecular flexibility index (Phi) is 3.13. The highest BCUT2D eigenvalue weighted by Gasteiger charge is 2.05. The summed E-state index contributed by atoms with van der Waals surface area (Å²) >= 11 is 1.64. The van der Waals surface area contributed by atoms with Gasteiger partial charge in [-0.2, -0.15) is 0 Å². The van der Waals surface area contributed by atoms with Crippen LogP contribution in [0.2, 0.25) is 0 Å². The van der Waals surface area contributed by atoms with Crippen LogP contribution in [0.15, 0.2) is 36.0 Å². The van der Waals surface area contributed by atoms with E-state index in [0.717, 1.165) is 22.1 Å². The highest BCUT2D eigenvalue weighted by Crippen LogP contribution is 2.25. The molecule has 0 spiro atoms. The minimum Gasteiger partial charge on any atom is -0.495 e. The third-order valence-corrected chi connectivity index (χ3v) is 3.73. The fraction of sp³-hybridized carbons (Fsp3) is 0.214. The van der Waals surface area contributed by atoms with Crippen LogP contribution in [-0.4, -0.2) is 16.5 Å². The Labute approximate surface area is 115 Å². The summed E-state index contributed by atoms with van der Waals surface area (Å²) in [6, 6.07) is 6.09. The van der Waals surface area contributed by atoms with Crippen LogP contribution in [0.3, 0.4) is 0 Å². The van der Waals surface area contributed by atoms with E-state index in [-0.39, 0.29) is 0 Å². The van der Waals surface area contributed by atoms with Crippen molar-refractivity contribution in [2.45, 2.75) is 13.5 Å². The fourth-order valence-corrected chi connectivity index (χ4v) is 2.73. The first-order valence-electron chi connectivity index (χ1n) is 6.06. The number of imidazole rings is 1. The SMILES string of the molecule is COc1ccc(C)cc1NCc1cn2ccsc2n1. The van der Waals surface area contributed by atoms with Crippen LogP contribution in [0.4, 0.5) is 5.69 Å². The molecule has 1 N–H and O–H groups in total. The standard InChI is InChI=1S/C14H15N3OS/c1-10-3-4-13(18-2)12(7-10)15-8-11-9-17-5-6-19-14(17)16-11/h3-7,9,15H,8H2,1-2H3. The number of methoxy groups -OCH3 is 1. The zero-order valence-electron chi connectivity index (χ0n) is 10.9. The van der Waals surface area contributed by atoms with E-state index >= 15 is 0 Å². The van der Waals surface area contributed by atoms with E-state index in [4.69, 9.17) is 4.74 Å². The van der Waals surface area contributed by atoms with E-state index in [9.17, 15) is 0 Å². The molecule has 0 saturated heterocycles. The van der Waals surface area contributed by atoms with E-state index in [1.54, 1.807) is 18.4 Å². The van der Waals surface area contributed by atoms with Gasteiger partial charge in [-0.25, -0.2) is 4.98 Å². The average molecular weight is 273 g/mol. The first-order chi connectivity index (χ1) is 9.26. The summed E-state index contributed by atoms with van der Waals surface area (Å²) < 4.78 is 7.38. The second-order valence-corrected chi connectivity index (χ2v) is 5.26. The van der Waals surface area contributed by atoms with Crippen molar-refractivity contribution in [2.75, 3.05) is 12.4 Å². The average Bonchev–Trinajstić information content (AvgIpc) is 2.97. The lowest BCUT2D eigenvalue weighted by molar-refractivity contribution is 0.416. The third-order valence-electron chi connectivity index (χ3n) is 2.96. The lowest BCUT2D eigenvalue weighted by Crippen LogP contribution is -2.02. The topological polar surface area (TPSA) is 38.6 Å². The van der Waals surface area contributed by atoms with Crippen LogP contribution in [0.25, 0.3) is 4.96 Å². The summed E-state index contributed by atoms with van der Waals surface area (Å²) in [6.45, 7) is 2.76. The molecule has 2 aromatic heterocycles. The highest BCUT2D eigenvalue weighted by molar-refractivity contribution is 7.15. The molecule has 0 aliphatic carbocycles. The van der Waals surface area contributed by atoms with Crippen molar-refractivity contribution in [3.8, 4) is 5.75 Å². The largest absolute Gasteiger partial charge is 0.495 e. The maximum absolute atomic E-state index is 5.35. The number of thiazole rings is 1. The van der Waals surface area contributed by atoms with Crippen molar-refractivity contribution in [1.82, 2.24) is 9.38 Å². The molecule has 98 valence electrons. The van der Waals surface area contributed by atoms with E-state index in [1.165, 1.54) is 5.56 Å². The second kappa shape index (κ2) is 4.93. The molecule has 0 bridgehead atoms. The van der Waals surface area contributed by atoms with Gasteiger partial charge in [-0.1, -0.05) is 6.07 Å². The van der Waals surface area contributed by atoms with Gasteiger partial charge in [0.15, 0.2) is 4.96 Å². The number of hydrogen-bond acceptors (Lipinski definition) is 4. The summed E-state index contributed by atoms with van der Waals surface area (Å²) in [5.74, 6) is 0.853. The van der Waals surface area contributed by atoms with Crippen molar-refractivity contribution in [3.63, 3.8) is 0 Å². The number of nitrogens with one attached hydrogen (secondary N) is 1. The van der Waals surface area contributed by atoms with Gasteiger partial charge in [0, 0.05) is 17.8 Å². The quantitative estimate of drug-likeness (QED) is 0.792. The number of aromatic nitrogens is 2. The van der Waals surface area contributed by atoms with Crippen LogP contribution in [0.5, 0.6) is 5.75 Å². The Morgan fingerprint density at radius 1 is 1.42 bits per heavy atom. The Hall–Kier alpha value is -2.01. The molecule has 0 radical (unpaired) electrons. The second-order valence-electron chi connectivity index (χ2n) is 4.38. The molecule has 0 saturated carbocycles. The van der Waals surface area contributed by atoms with Gasteiger partial charge in [-0.3, -0.25) is 4.40 Å². The number of hydrogen-bond donors (Lipinski definition) is 1. The zero-order chi connectivity index (χ0) is 13.2. The van der Waals surface area contributed by atoms with Crippen LogP contribution in [0.1, 0.15) is 11.3 Å². The molecule has 3 aromatic rings. The molecule has 19 heavy (non-hydrogen) atoms. The van der Waals surface area contributed by atoms with Gasteiger partial charge in [0.2, 0.25) is 0 Å². The number of ether oxygens (including phenoxy) is 1. The van der Waals surface area contributed by atoms with Crippen molar-refractivity contribution in [2.24, 2.45) is 0 Å². The van der Waals surface area contributed by atoms with Gasteiger partial charge in [0.1, 0.15) is 5.75 Å². The molecule has 1 aromatic carbocycles. The number of anilines is 1. The lowest BCUT2D eigenvalue weighted by Gasteiger charge is -2.10. The molecular formula is C14H15N3OS. The smallest absolute Gasteiger partial charge is 0.193 e. The molecule has 4 nitrogen and oxygen atoms in total. The summed E-state index contributed by atoms with van der Waals surface area (Å²) in [5.41, 5.74) is 3.23. The van der Waals surface area contributed by atoms with E-state index in [0.29, 0.717) is 6.54 Å². The predicted octanol–water partition coefficient (Wildman–Crippen LogP) is 3.32. The Balaban J connectivity index is 1.78. The molecular weight excluding hydrogens is 258 g/mol. The molecule has 5 heteroatoms. The summed E-state index contributed by atoms with van der Waals surface area (Å²) in [6.07, 6.45) is 4.06. The van der Waals surface area contributed by atoms with Gasteiger partial charge >= 0.3 is 0 Å². The van der Waals surface area contributed by atoms with Gasteiger partial charge < -0.3 is 10.1 Å².